The molecule has 0 aliphatic rings. The number of carbonyl (C=O) groups excluding carboxylic acids is 1. The molecule has 0 radical (unpaired) electrons. The highest BCUT2D eigenvalue weighted by atomic mass is 16.1. The van der Waals surface area contributed by atoms with Crippen LogP contribution in [0.2, 0.25) is 0 Å². The van der Waals surface area contributed by atoms with Crippen LogP contribution in [0.5, 0.6) is 0 Å². The number of anilines is 1. The molecule has 5 heteroatoms. The fraction of sp³-hybridized carbons (Fsp3) is 0. The van der Waals surface area contributed by atoms with Gasteiger partial charge in [-0.05, 0) is 6.07 Å². The molecule has 0 saturated heterocycles. The smallest absolute Gasteiger partial charge is 0.211 e. The lowest BCUT2D eigenvalue weighted by Crippen LogP contribution is -1.93. The first-order chi connectivity index (χ1) is 5.90. The molecule has 2 aromatic heterocycles. The number of nitrogens with one attached hydrogen (secondary N) is 2. The lowest BCUT2D eigenvalue weighted by Gasteiger charge is -1.94. The lowest BCUT2D eigenvalue weighted by molar-refractivity contribution is -0.105. The molecular weight excluding hydrogens is 156 g/mol. The summed E-state index contributed by atoms with van der Waals surface area (Å²) in [6.45, 7) is 0. The molecule has 2 N–H and O–H groups in total. The van der Waals surface area contributed by atoms with E-state index in [0.717, 1.165) is 5.39 Å². The Kier molecular flexibility index (Phi) is 1.48. The number of hydrogen-bond acceptors (Lipinski definition) is 3. The molecule has 0 aromatic carbocycles. The zero-order valence-corrected chi connectivity index (χ0v) is 6.11. The Morgan fingerprint density at radius 3 is 3.33 bits per heavy atom. The highest BCUT2D eigenvalue weighted by molar-refractivity contribution is 5.81. The molecular formula is C7H6N4O. The molecule has 2 heterocycles. The van der Waals surface area contributed by atoms with Crippen LogP contribution >= 0.6 is 0 Å². The first-order valence-electron chi connectivity index (χ1n) is 3.40. The van der Waals surface area contributed by atoms with Crippen molar-refractivity contribution in [3.8, 4) is 0 Å². The van der Waals surface area contributed by atoms with E-state index in [1.54, 1.807) is 18.5 Å². The molecule has 0 aliphatic heterocycles. The number of H-pyrrole nitrogens is 1. The molecule has 0 aliphatic carbocycles. The summed E-state index contributed by atoms with van der Waals surface area (Å²) < 4.78 is 0. The van der Waals surface area contributed by atoms with E-state index in [-0.39, 0.29) is 0 Å². The van der Waals surface area contributed by atoms with E-state index in [4.69, 9.17) is 0 Å². The highest BCUT2D eigenvalue weighted by Crippen LogP contribution is 2.12. The molecule has 0 fully saturated rings. The Balaban J connectivity index is 2.52. The summed E-state index contributed by atoms with van der Waals surface area (Å²) in [5, 5.41) is 9.93. The molecule has 0 unspecified atom stereocenters. The monoisotopic (exact) mass is 162 g/mol. The van der Waals surface area contributed by atoms with Crippen LogP contribution in [0.1, 0.15) is 0 Å². The highest BCUT2D eigenvalue weighted by Gasteiger charge is 1.97. The maximum Gasteiger partial charge on any atom is 0.211 e. The van der Waals surface area contributed by atoms with E-state index in [2.05, 4.69) is 20.5 Å². The largest absolute Gasteiger partial charge is 0.327 e. The number of hydrogen-bond donors (Lipinski definition) is 2. The van der Waals surface area contributed by atoms with Crippen LogP contribution in [0.4, 0.5) is 5.69 Å². The number of pyridine rings is 1. The van der Waals surface area contributed by atoms with Crippen molar-refractivity contribution >= 4 is 23.1 Å². The van der Waals surface area contributed by atoms with Gasteiger partial charge in [-0.25, -0.2) is 4.98 Å². The molecule has 60 valence electrons. The molecule has 0 bridgehead atoms. The van der Waals surface area contributed by atoms with Gasteiger partial charge < -0.3 is 5.32 Å². The molecule has 0 atom stereocenters. The molecule has 2 rings (SSSR count). The minimum Gasteiger partial charge on any atom is -0.327 e. The number of fused-ring (bicyclic) bond motifs is 1. The van der Waals surface area contributed by atoms with Crippen LogP contribution in [0.15, 0.2) is 18.5 Å². The van der Waals surface area contributed by atoms with Gasteiger partial charge >= 0.3 is 0 Å². The lowest BCUT2D eigenvalue weighted by atomic mass is 10.3. The topological polar surface area (TPSA) is 70.7 Å². The fourth-order valence-electron chi connectivity index (χ4n) is 0.984. The minimum atomic E-state index is 0.614. The van der Waals surface area contributed by atoms with Crippen molar-refractivity contribution in [3.63, 3.8) is 0 Å². The van der Waals surface area contributed by atoms with Crippen molar-refractivity contribution in [1.29, 1.82) is 0 Å². The third kappa shape index (κ3) is 1.01. The summed E-state index contributed by atoms with van der Waals surface area (Å²) in [5.74, 6) is 0. The van der Waals surface area contributed by atoms with Gasteiger partial charge in [0.05, 0.1) is 11.9 Å². The van der Waals surface area contributed by atoms with E-state index in [1.165, 1.54) is 0 Å². The van der Waals surface area contributed by atoms with Crippen LogP contribution in [-0.2, 0) is 4.79 Å². The molecule has 0 saturated carbocycles. The van der Waals surface area contributed by atoms with Crippen molar-refractivity contribution in [2.75, 3.05) is 5.32 Å². The molecule has 5 nitrogen and oxygen atoms in total. The predicted molar refractivity (Wildman–Crippen MR) is 43.6 cm³/mol. The maximum atomic E-state index is 10.1. The number of nitrogens with zero attached hydrogens (tertiary/aromatic N) is 2. The third-order valence-electron chi connectivity index (χ3n) is 1.51. The van der Waals surface area contributed by atoms with Crippen LogP contribution < -0.4 is 5.32 Å². The summed E-state index contributed by atoms with van der Waals surface area (Å²) in [4.78, 5) is 14.1. The summed E-state index contributed by atoms with van der Waals surface area (Å²) in [6, 6.07) is 1.79. The molecule has 0 spiro atoms. The number of amides is 1. The Labute approximate surface area is 67.8 Å². The van der Waals surface area contributed by atoms with Gasteiger partial charge in [-0.15, -0.1) is 0 Å². The van der Waals surface area contributed by atoms with E-state index in [0.29, 0.717) is 17.7 Å². The normalized spacial score (nSPS) is 10.0. The van der Waals surface area contributed by atoms with Gasteiger partial charge in [0.25, 0.3) is 0 Å². The summed E-state index contributed by atoms with van der Waals surface area (Å²) in [7, 11) is 0. The van der Waals surface area contributed by atoms with Crippen molar-refractivity contribution in [3.05, 3.63) is 18.5 Å². The molecule has 12 heavy (non-hydrogen) atoms. The van der Waals surface area contributed by atoms with Crippen LogP contribution in [0, 0.1) is 0 Å². The summed E-state index contributed by atoms with van der Waals surface area (Å²) in [6.07, 6.45) is 3.89. The van der Waals surface area contributed by atoms with E-state index in [1.807, 2.05) is 0 Å². The van der Waals surface area contributed by atoms with Gasteiger partial charge in [-0.3, -0.25) is 9.89 Å². The van der Waals surface area contributed by atoms with Gasteiger partial charge in [0.2, 0.25) is 6.41 Å². The van der Waals surface area contributed by atoms with E-state index < -0.39 is 0 Å². The SMILES string of the molecule is O=CNc1cnc2n[nH]cc2c1. The van der Waals surface area contributed by atoms with Gasteiger partial charge in [0, 0.05) is 11.6 Å². The maximum absolute atomic E-state index is 10.1. The fourth-order valence-corrected chi connectivity index (χ4v) is 0.984. The van der Waals surface area contributed by atoms with E-state index >= 15 is 0 Å². The van der Waals surface area contributed by atoms with Gasteiger partial charge in [-0.2, -0.15) is 5.10 Å². The number of aromatic nitrogens is 3. The second-order valence-corrected chi connectivity index (χ2v) is 2.28. The average Bonchev–Trinajstić information content (AvgIpc) is 2.51. The third-order valence-corrected chi connectivity index (χ3v) is 1.51. The number of rotatable bonds is 2. The second-order valence-electron chi connectivity index (χ2n) is 2.28. The zero-order chi connectivity index (χ0) is 8.39. The number of aromatic amines is 1. The standard InChI is InChI=1S/C7H6N4O/c12-4-9-6-1-5-2-10-11-7(5)8-3-6/h1-4H,(H,9,12)(H,8,10,11). The predicted octanol–water partition coefficient (Wildman–Crippen LogP) is 0.526. The van der Waals surface area contributed by atoms with Crippen molar-refractivity contribution in [2.45, 2.75) is 0 Å². The minimum absolute atomic E-state index is 0.614. The van der Waals surface area contributed by atoms with Gasteiger partial charge in [-0.1, -0.05) is 0 Å². The first-order valence-corrected chi connectivity index (χ1v) is 3.40. The average molecular weight is 162 g/mol. The first kappa shape index (κ1) is 6.78. The summed E-state index contributed by atoms with van der Waals surface area (Å²) >= 11 is 0. The quantitative estimate of drug-likeness (QED) is 0.632. The Morgan fingerprint density at radius 1 is 1.58 bits per heavy atom. The van der Waals surface area contributed by atoms with Crippen molar-refractivity contribution in [1.82, 2.24) is 15.2 Å². The van der Waals surface area contributed by atoms with Crippen LogP contribution in [-0.4, -0.2) is 21.6 Å². The Hall–Kier alpha value is -1.91. The second kappa shape index (κ2) is 2.61. The molecule has 1 amide bonds. The summed E-state index contributed by atoms with van der Waals surface area (Å²) in [5.41, 5.74) is 1.31. The molecule has 2 aromatic rings. The van der Waals surface area contributed by atoms with Crippen LogP contribution in [0.25, 0.3) is 11.0 Å². The zero-order valence-electron chi connectivity index (χ0n) is 6.11. The van der Waals surface area contributed by atoms with Gasteiger partial charge in [0.15, 0.2) is 5.65 Å². The van der Waals surface area contributed by atoms with Crippen molar-refractivity contribution in [2.24, 2.45) is 0 Å². The van der Waals surface area contributed by atoms with Crippen LogP contribution in [0.3, 0.4) is 0 Å². The Morgan fingerprint density at radius 2 is 2.50 bits per heavy atom. The van der Waals surface area contributed by atoms with Crippen molar-refractivity contribution < 1.29 is 4.79 Å². The van der Waals surface area contributed by atoms with Gasteiger partial charge in [0.1, 0.15) is 0 Å². The van der Waals surface area contributed by atoms with E-state index in [9.17, 15) is 4.79 Å². The number of carbonyl (C=O) groups is 1. The Bertz CT molecular complexity index is 408.